The predicted molar refractivity (Wildman–Crippen MR) is 99.6 cm³/mol. The molecule has 1 aliphatic heterocycles. The number of anilines is 1. The average molecular weight is 341 g/mol. The molecule has 0 unspecified atom stereocenters. The summed E-state index contributed by atoms with van der Waals surface area (Å²) in [7, 11) is 0. The molecule has 0 aliphatic carbocycles. The highest BCUT2D eigenvalue weighted by atomic mass is 16.3. The first-order valence-electron chi connectivity index (χ1n) is 8.90. The summed E-state index contributed by atoms with van der Waals surface area (Å²) in [5.74, 6) is 1.06. The van der Waals surface area contributed by atoms with Crippen LogP contribution in [-0.2, 0) is 11.3 Å². The van der Waals surface area contributed by atoms with Gasteiger partial charge in [0, 0.05) is 31.9 Å². The van der Waals surface area contributed by atoms with Crippen molar-refractivity contribution in [3.63, 3.8) is 0 Å². The lowest BCUT2D eigenvalue weighted by molar-refractivity contribution is -0.121. The van der Waals surface area contributed by atoms with Gasteiger partial charge in [0.25, 0.3) is 0 Å². The van der Waals surface area contributed by atoms with Gasteiger partial charge in [0.2, 0.25) is 5.91 Å². The Labute approximate surface area is 149 Å². The topological polar surface area (TPSA) is 48.7 Å². The highest BCUT2D eigenvalue weighted by Crippen LogP contribution is 2.17. The number of rotatable bonds is 5. The number of carbonyl (C=O) groups excluding carboxylic acids is 1. The van der Waals surface area contributed by atoms with Crippen LogP contribution < -0.4 is 5.32 Å². The molecule has 1 aromatic carbocycles. The van der Waals surface area contributed by atoms with Crippen LogP contribution in [0, 0.1) is 13.8 Å². The molecule has 1 aliphatic rings. The first-order chi connectivity index (χ1) is 12.0. The monoisotopic (exact) mass is 341 g/mol. The first kappa shape index (κ1) is 17.7. The number of hydrogen-bond donors (Lipinski definition) is 1. The van der Waals surface area contributed by atoms with E-state index in [4.69, 9.17) is 4.42 Å². The zero-order chi connectivity index (χ0) is 17.8. The second kappa shape index (κ2) is 7.85. The SMILES string of the molecule is Cc1ccc(NC(=O)[C@H](C)N2CCN(Cc3ccco3)CC2)c(C)c1. The lowest BCUT2D eigenvalue weighted by Crippen LogP contribution is -2.52. The van der Waals surface area contributed by atoms with Crippen molar-refractivity contribution in [2.45, 2.75) is 33.4 Å². The van der Waals surface area contributed by atoms with E-state index in [-0.39, 0.29) is 11.9 Å². The van der Waals surface area contributed by atoms with E-state index < -0.39 is 0 Å². The van der Waals surface area contributed by atoms with Crippen molar-refractivity contribution < 1.29 is 9.21 Å². The molecule has 0 saturated carbocycles. The van der Waals surface area contributed by atoms with Crippen LogP contribution >= 0.6 is 0 Å². The van der Waals surface area contributed by atoms with Gasteiger partial charge in [-0.1, -0.05) is 17.7 Å². The first-order valence-corrected chi connectivity index (χ1v) is 8.90. The number of piperazine rings is 1. The summed E-state index contributed by atoms with van der Waals surface area (Å²) in [5, 5.41) is 3.07. The van der Waals surface area contributed by atoms with E-state index in [0.29, 0.717) is 0 Å². The van der Waals surface area contributed by atoms with Gasteiger partial charge in [-0.05, 0) is 44.5 Å². The summed E-state index contributed by atoms with van der Waals surface area (Å²) in [6, 6.07) is 9.90. The maximum Gasteiger partial charge on any atom is 0.241 e. The maximum atomic E-state index is 12.6. The fourth-order valence-electron chi connectivity index (χ4n) is 3.29. The van der Waals surface area contributed by atoms with Gasteiger partial charge in [0.15, 0.2) is 0 Å². The van der Waals surface area contributed by atoms with Gasteiger partial charge in [0.05, 0.1) is 18.8 Å². The standard InChI is InChI=1S/C20H27N3O2/c1-15-6-7-19(16(2)13-15)21-20(24)17(3)23-10-8-22(9-11-23)14-18-5-4-12-25-18/h4-7,12-13,17H,8-11,14H2,1-3H3,(H,21,24)/t17-/m0/s1. The number of benzene rings is 1. The highest BCUT2D eigenvalue weighted by Gasteiger charge is 2.26. The molecule has 0 radical (unpaired) electrons. The van der Waals surface area contributed by atoms with Gasteiger partial charge >= 0.3 is 0 Å². The van der Waals surface area contributed by atoms with Crippen molar-refractivity contribution in [1.82, 2.24) is 9.80 Å². The highest BCUT2D eigenvalue weighted by molar-refractivity contribution is 5.95. The normalized spacial score (nSPS) is 17.4. The Bertz CT molecular complexity index is 704. The van der Waals surface area contributed by atoms with Gasteiger partial charge in [-0.2, -0.15) is 0 Å². The molecule has 1 fully saturated rings. The second-order valence-corrected chi connectivity index (χ2v) is 6.88. The van der Waals surface area contributed by atoms with Crippen LogP contribution in [0.2, 0.25) is 0 Å². The second-order valence-electron chi connectivity index (χ2n) is 6.88. The Morgan fingerprint density at radius 3 is 2.60 bits per heavy atom. The van der Waals surface area contributed by atoms with E-state index in [9.17, 15) is 4.79 Å². The molecule has 1 atom stereocenters. The van der Waals surface area contributed by atoms with Crippen LogP contribution in [0.15, 0.2) is 41.0 Å². The molecule has 1 amide bonds. The van der Waals surface area contributed by atoms with E-state index in [0.717, 1.165) is 49.7 Å². The maximum absolute atomic E-state index is 12.6. The number of aryl methyl sites for hydroxylation is 2. The minimum Gasteiger partial charge on any atom is -0.468 e. The molecule has 0 spiro atoms. The lowest BCUT2D eigenvalue weighted by atomic mass is 10.1. The number of carbonyl (C=O) groups is 1. The van der Waals surface area contributed by atoms with Gasteiger partial charge in [0.1, 0.15) is 5.76 Å². The molecule has 134 valence electrons. The molecular formula is C20H27N3O2. The van der Waals surface area contributed by atoms with Gasteiger partial charge in [-0.15, -0.1) is 0 Å². The third kappa shape index (κ3) is 4.50. The van der Waals surface area contributed by atoms with Crippen LogP contribution in [0.25, 0.3) is 0 Å². The van der Waals surface area contributed by atoms with Gasteiger partial charge < -0.3 is 9.73 Å². The molecule has 25 heavy (non-hydrogen) atoms. The zero-order valence-electron chi connectivity index (χ0n) is 15.3. The van der Waals surface area contributed by atoms with Crippen LogP contribution in [0.4, 0.5) is 5.69 Å². The van der Waals surface area contributed by atoms with E-state index >= 15 is 0 Å². The summed E-state index contributed by atoms with van der Waals surface area (Å²) in [4.78, 5) is 17.2. The Balaban J connectivity index is 1.51. The molecule has 1 aromatic heterocycles. The number of nitrogens with one attached hydrogen (secondary N) is 1. The summed E-state index contributed by atoms with van der Waals surface area (Å²) in [5.41, 5.74) is 3.21. The molecule has 0 bridgehead atoms. The summed E-state index contributed by atoms with van der Waals surface area (Å²) in [6.07, 6.45) is 1.71. The molecule has 1 saturated heterocycles. The van der Waals surface area contributed by atoms with E-state index in [1.807, 2.05) is 38.1 Å². The fraction of sp³-hybridized carbons (Fsp3) is 0.450. The number of nitrogens with zero attached hydrogens (tertiary/aromatic N) is 2. The van der Waals surface area contributed by atoms with Gasteiger partial charge in [-0.3, -0.25) is 14.6 Å². The third-order valence-electron chi connectivity index (χ3n) is 4.93. The van der Waals surface area contributed by atoms with Crippen LogP contribution in [0.5, 0.6) is 0 Å². The summed E-state index contributed by atoms with van der Waals surface area (Å²) in [6.45, 7) is 10.6. The Morgan fingerprint density at radius 1 is 1.20 bits per heavy atom. The van der Waals surface area contributed by atoms with Gasteiger partial charge in [-0.25, -0.2) is 0 Å². The van der Waals surface area contributed by atoms with Crippen LogP contribution in [0.3, 0.4) is 0 Å². The average Bonchev–Trinajstić information content (AvgIpc) is 3.10. The quantitative estimate of drug-likeness (QED) is 0.908. The third-order valence-corrected chi connectivity index (χ3v) is 4.93. The van der Waals surface area contributed by atoms with Crippen LogP contribution in [0.1, 0.15) is 23.8 Å². The van der Waals surface area contributed by atoms with Crippen molar-refractivity contribution in [1.29, 1.82) is 0 Å². The van der Waals surface area contributed by atoms with Crippen molar-refractivity contribution in [3.05, 3.63) is 53.5 Å². The lowest BCUT2D eigenvalue weighted by Gasteiger charge is -2.37. The number of furan rings is 1. The molecule has 2 heterocycles. The summed E-state index contributed by atoms with van der Waals surface area (Å²) >= 11 is 0. The molecular weight excluding hydrogens is 314 g/mol. The zero-order valence-corrected chi connectivity index (χ0v) is 15.3. The van der Waals surface area contributed by atoms with E-state index in [2.05, 4.69) is 28.1 Å². The van der Waals surface area contributed by atoms with Crippen LogP contribution in [-0.4, -0.2) is 47.9 Å². The largest absolute Gasteiger partial charge is 0.468 e. The molecule has 5 heteroatoms. The van der Waals surface area contributed by atoms with Crippen molar-refractivity contribution >= 4 is 11.6 Å². The Morgan fingerprint density at radius 2 is 1.96 bits per heavy atom. The summed E-state index contributed by atoms with van der Waals surface area (Å²) < 4.78 is 5.42. The van der Waals surface area contributed by atoms with Crippen molar-refractivity contribution in [3.8, 4) is 0 Å². The smallest absolute Gasteiger partial charge is 0.241 e. The number of amides is 1. The molecule has 3 rings (SSSR count). The molecule has 2 aromatic rings. The molecule has 5 nitrogen and oxygen atoms in total. The van der Waals surface area contributed by atoms with E-state index in [1.54, 1.807) is 6.26 Å². The Hall–Kier alpha value is -2.11. The molecule has 1 N–H and O–H groups in total. The fourth-order valence-corrected chi connectivity index (χ4v) is 3.29. The predicted octanol–water partition coefficient (Wildman–Crippen LogP) is 3.04. The van der Waals surface area contributed by atoms with Crippen molar-refractivity contribution in [2.75, 3.05) is 31.5 Å². The van der Waals surface area contributed by atoms with E-state index in [1.165, 1.54) is 5.56 Å². The minimum absolute atomic E-state index is 0.0615. The minimum atomic E-state index is -0.133. The number of hydrogen-bond acceptors (Lipinski definition) is 4. The Kier molecular flexibility index (Phi) is 5.56. The van der Waals surface area contributed by atoms with Crippen molar-refractivity contribution in [2.24, 2.45) is 0 Å².